The molecule has 182 valence electrons. The summed E-state index contributed by atoms with van der Waals surface area (Å²) in [7, 11) is 0. The van der Waals surface area contributed by atoms with E-state index in [0.29, 0.717) is 13.2 Å². The highest BCUT2D eigenvalue weighted by Crippen LogP contribution is 2.31. The van der Waals surface area contributed by atoms with Crippen LogP contribution in [0.3, 0.4) is 0 Å². The van der Waals surface area contributed by atoms with Crippen LogP contribution in [0.25, 0.3) is 17.0 Å². The van der Waals surface area contributed by atoms with Crippen molar-refractivity contribution < 1.29 is 14.2 Å². The van der Waals surface area contributed by atoms with E-state index in [1.54, 1.807) is 0 Å². The number of aromatic nitrogens is 1. The van der Waals surface area contributed by atoms with E-state index >= 15 is 0 Å². The van der Waals surface area contributed by atoms with Crippen LogP contribution in [-0.2, 0) is 6.61 Å². The normalized spacial score (nSPS) is 10.6. The monoisotopic (exact) mass is 469 g/mol. The minimum absolute atomic E-state index is 0.560. The third-order valence-electron chi connectivity index (χ3n) is 5.28. The Morgan fingerprint density at radius 3 is 2.11 bits per heavy atom. The zero-order chi connectivity index (χ0) is 24.9. The van der Waals surface area contributed by atoms with Gasteiger partial charge in [0.05, 0.1) is 24.4 Å². The van der Waals surface area contributed by atoms with Gasteiger partial charge < -0.3 is 14.2 Å². The van der Waals surface area contributed by atoms with E-state index in [-0.39, 0.29) is 0 Å². The van der Waals surface area contributed by atoms with Crippen LogP contribution >= 0.6 is 0 Å². The molecule has 0 unspecified atom stereocenters. The largest absolute Gasteiger partial charge is 0.490 e. The Kier molecular flexibility index (Phi) is 10.2. The predicted octanol–water partition coefficient (Wildman–Crippen LogP) is 8.03. The van der Waals surface area contributed by atoms with Crippen molar-refractivity contribution in [3.8, 4) is 17.2 Å². The first kappa shape index (κ1) is 25.8. The lowest BCUT2D eigenvalue weighted by Crippen LogP contribution is -2.00. The van der Waals surface area contributed by atoms with Gasteiger partial charge in [-0.05, 0) is 63.1 Å². The highest BCUT2D eigenvalue weighted by atomic mass is 16.5. The van der Waals surface area contributed by atoms with Crippen LogP contribution in [0.1, 0.15) is 44.0 Å². The molecule has 0 radical (unpaired) electrons. The van der Waals surface area contributed by atoms with Gasteiger partial charge in [-0.25, -0.2) is 4.98 Å². The van der Waals surface area contributed by atoms with E-state index in [0.717, 1.165) is 58.0 Å². The SMILES string of the molecule is C/C=C/c1nc2ccccc2c(OCc2ccccc2)c1C.CCCOc1ccccc1OCC. The zero-order valence-electron chi connectivity index (χ0n) is 21.2. The van der Waals surface area contributed by atoms with Crippen molar-refractivity contribution in [2.75, 3.05) is 13.2 Å². The Balaban J connectivity index is 0.000000225. The molecule has 4 nitrogen and oxygen atoms in total. The van der Waals surface area contributed by atoms with E-state index in [4.69, 9.17) is 19.2 Å². The van der Waals surface area contributed by atoms with Crippen molar-refractivity contribution in [1.29, 1.82) is 0 Å². The maximum Gasteiger partial charge on any atom is 0.161 e. The Morgan fingerprint density at radius 1 is 0.771 bits per heavy atom. The fraction of sp³-hybridized carbons (Fsp3) is 0.258. The van der Waals surface area contributed by atoms with Gasteiger partial charge in [-0.1, -0.05) is 67.6 Å². The fourth-order valence-electron chi connectivity index (χ4n) is 3.59. The van der Waals surface area contributed by atoms with E-state index < -0.39 is 0 Å². The van der Waals surface area contributed by atoms with Crippen LogP contribution in [0.4, 0.5) is 0 Å². The summed E-state index contributed by atoms with van der Waals surface area (Å²) in [5.41, 5.74) is 4.16. The third kappa shape index (κ3) is 7.35. The molecule has 35 heavy (non-hydrogen) atoms. The summed E-state index contributed by atoms with van der Waals surface area (Å²) in [6.07, 6.45) is 5.04. The van der Waals surface area contributed by atoms with Gasteiger partial charge in [-0.2, -0.15) is 0 Å². The number of para-hydroxylation sites is 3. The van der Waals surface area contributed by atoms with E-state index in [9.17, 15) is 0 Å². The smallest absolute Gasteiger partial charge is 0.161 e. The number of benzene rings is 3. The average molecular weight is 470 g/mol. The number of ether oxygens (including phenoxy) is 3. The average Bonchev–Trinajstić information content (AvgIpc) is 2.89. The second-order valence-electron chi connectivity index (χ2n) is 7.97. The molecule has 4 heteroatoms. The Bertz CT molecular complexity index is 1220. The molecule has 1 aromatic heterocycles. The van der Waals surface area contributed by atoms with Gasteiger partial charge in [0.2, 0.25) is 0 Å². The molecule has 0 bridgehead atoms. The van der Waals surface area contributed by atoms with Crippen LogP contribution in [0.15, 0.2) is 84.9 Å². The topological polar surface area (TPSA) is 40.6 Å². The molecule has 0 atom stereocenters. The van der Waals surface area contributed by atoms with Crippen LogP contribution in [0.2, 0.25) is 0 Å². The summed E-state index contributed by atoms with van der Waals surface area (Å²) >= 11 is 0. The quantitative estimate of drug-likeness (QED) is 0.249. The predicted molar refractivity (Wildman–Crippen MR) is 145 cm³/mol. The Morgan fingerprint density at radius 2 is 1.43 bits per heavy atom. The van der Waals surface area contributed by atoms with Crippen molar-refractivity contribution in [3.63, 3.8) is 0 Å². The van der Waals surface area contributed by atoms with Gasteiger partial charge in [0.15, 0.2) is 11.5 Å². The number of hydrogen-bond donors (Lipinski definition) is 0. The van der Waals surface area contributed by atoms with Gasteiger partial charge in [0.25, 0.3) is 0 Å². The molecule has 0 saturated carbocycles. The first-order chi connectivity index (χ1) is 17.2. The number of allylic oxidation sites excluding steroid dienone is 1. The molecule has 0 amide bonds. The van der Waals surface area contributed by atoms with Crippen molar-refractivity contribution in [1.82, 2.24) is 4.98 Å². The molecular weight excluding hydrogens is 434 g/mol. The van der Waals surface area contributed by atoms with Gasteiger partial charge in [-0.15, -0.1) is 0 Å². The second kappa shape index (κ2) is 13.8. The molecular formula is C31H35NO3. The molecule has 4 aromatic rings. The molecule has 0 spiro atoms. The highest BCUT2D eigenvalue weighted by molar-refractivity contribution is 5.88. The van der Waals surface area contributed by atoms with Gasteiger partial charge in [0, 0.05) is 10.9 Å². The van der Waals surface area contributed by atoms with E-state index in [2.05, 4.69) is 32.0 Å². The Hall–Kier alpha value is -3.79. The van der Waals surface area contributed by atoms with Crippen LogP contribution in [0.5, 0.6) is 17.2 Å². The maximum absolute atomic E-state index is 6.15. The summed E-state index contributed by atoms with van der Waals surface area (Å²) in [6, 6.07) is 26.1. The van der Waals surface area contributed by atoms with Crippen molar-refractivity contribution in [3.05, 3.63) is 102 Å². The first-order valence-electron chi connectivity index (χ1n) is 12.2. The second-order valence-corrected chi connectivity index (χ2v) is 7.97. The van der Waals surface area contributed by atoms with Crippen LogP contribution < -0.4 is 14.2 Å². The number of hydrogen-bond acceptors (Lipinski definition) is 4. The van der Waals surface area contributed by atoms with Gasteiger partial charge >= 0.3 is 0 Å². The summed E-state index contributed by atoms with van der Waals surface area (Å²) in [6.45, 7) is 10.1. The summed E-state index contributed by atoms with van der Waals surface area (Å²) in [5.74, 6) is 2.59. The lowest BCUT2D eigenvalue weighted by atomic mass is 10.1. The van der Waals surface area contributed by atoms with Crippen LogP contribution in [-0.4, -0.2) is 18.2 Å². The van der Waals surface area contributed by atoms with Crippen molar-refractivity contribution in [2.24, 2.45) is 0 Å². The summed E-state index contributed by atoms with van der Waals surface area (Å²) in [4.78, 5) is 4.71. The van der Waals surface area contributed by atoms with E-state index in [1.807, 2.05) is 86.7 Å². The summed E-state index contributed by atoms with van der Waals surface area (Å²) < 4.78 is 17.1. The molecule has 0 fully saturated rings. The van der Waals surface area contributed by atoms with Crippen molar-refractivity contribution in [2.45, 2.75) is 40.7 Å². The van der Waals surface area contributed by atoms with Crippen molar-refractivity contribution >= 4 is 17.0 Å². The molecule has 3 aromatic carbocycles. The molecule has 4 rings (SSSR count). The molecule has 0 aliphatic heterocycles. The minimum atomic E-state index is 0.560. The Labute approximate surface area is 209 Å². The minimum Gasteiger partial charge on any atom is -0.490 e. The lowest BCUT2D eigenvalue weighted by molar-refractivity contribution is 0.277. The molecule has 0 saturated heterocycles. The molecule has 0 N–H and O–H groups in total. The number of rotatable bonds is 9. The van der Waals surface area contributed by atoms with Gasteiger partial charge in [0.1, 0.15) is 12.4 Å². The summed E-state index contributed by atoms with van der Waals surface area (Å²) in [5, 5.41) is 1.06. The fourth-order valence-corrected chi connectivity index (χ4v) is 3.59. The standard InChI is InChI=1S/C20H19NO.C11H16O2/c1-3-9-18-15(2)20(17-12-7-8-13-19(17)21-18)22-14-16-10-5-4-6-11-16;1-3-9-13-11-8-6-5-7-10(11)12-4-2/h3-13H,14H2,1-2H3;5-8H,3-4,9H2,1-2H3/b9-3+;. The number of nitrogens with zero attached hydrogens (tertiary/aromatic N) is 1. The molecule has 0 aliphatic rings. The number of pyridine rings is 1. The number of fused-ring (bicyclic) bond motifs is 1. The maximum atomic E-state index is 6.15. The third-order valence-corrected chi connectivity index (χ3v) is 5.28. The molecule has 1 heterocycles. The first-order valence-corrected chi connectivity index (χ1v) is 12.2. The van der Waals surface area contributed by atoms with E-state index in [1.165, 1.54) is 0 Å². The zero-order valence-corrected chi connectivity index (χ0v) is 21.2. The van der Waals surface area contributed by atoms with Crippen LogP contribution in [0, 0.1) is 6.92 Å². The lowest BCUT2D eigenvalue weighted by Gasteiger charge is -2.14. The van der Waals surface area contributed by atoms with Gasteiger partial charge in [-0.3, -0.25) is 0 Å². The molecule has 0 aliphatic carbocycles. The highest BCUT2D eigenvalue weighted by Gasteiger charge is 2.11.